The number of nitrogens with zero attached hydrogens (tertiary/aromatic N) is 1. The molecule has 0 aliphatic heterocycles. The Bertz CT molecular complexity index is 1220. The van der Waals surface area contributed by atoms with Gasteiger partial charge in [0, 0.05) is 19.5 Å². The second-order valence-electron chi connectivity index (χ2n) is 10.5. The molecule has 0 heterocycles. The molecule has 2 N–H and O–H groups in total. The van der Waals surface area contributed by atoms with E-state index in [-0.39, 0.29) is 29.8 Å². The van der Waals surface area contributed by atoms with Crippen LogP contribution < -0.4 is 4.74 Å². The predicted molar refractivity (Wildman–Crippen MR) is 145 cm³/mol. The first-order valence-corrected chi connectivity index (χ1v) is 12.8. The van der Waals surface area contributed by atoms with E-state index in [4.69, 9.17) is 9.84 Å². The standard InChI is InChI=1S/C31H36FNO5/c1-31(2,3)26-12-15-28(16-13-26)38-21-24-11-14-27(32)18-25(24)20-33(17-5-4-6-29(34)35)19-22-7-9-23(10-8-22)30(36)37/h7-16,18H,4-6,17,19-21H2,1-3H3,(H,34,35)(H,36,37). The Morgan fingerprint density at radius 3 is 2.16 bits per heavy atom. The smallest absolute Gasteiger partial charge is 0.335 e. The number of carboxylic acid groups (broad SMARTS) is 2. The fourth-order valence-electron chi connectivity index (χ4n) is 4.17. The molecule has 3 rings (SSSR count). The molecule has 0 aromatic heterocycles. The molecule has 0 aliphatic rings. The van der Waals surface area contributed by atoms with Gasteiger partial charge in [0.2, 0.25) is 0 Å². The summed E-state index contributed by atoms with van der Waals surface area (Å²) in [6.07, 6.45) is 1.29. The van der Waals surface area contributed by atoms with Crippen LogP contribution in [0.5, 0.6) is 5.75 Å². The number of benzene rings is 3. The van der Waals surface area contributed by atoms with Crippen molar-refractivity contribution in [3.05, 3.63) is 100 Å². The first-order chi connectivity index (χ1) is 18.0. The summed E-state index contributed by atoms with van der Waals surface area (Å²) in [6, 6.07) is 19.3. The zero-order valence-corrected chi connectivity index (χ0v) is 22.2. The summed E-state index contributed by atoms with van der Waals surface area (Å²) in [5.41, 5.74) is 4.04. The lowest BCUT2D eigenvalue weighted by molar-refractivity contribution is -0.137. The van der Waals surface area contributed by atoms with Crippen LogP contribution in [0.1, 0.15) is 72.6 Å². The van der Waals surface area contributed by atoms with Crippen molar-refractivity contribution in [2.24, 2.45) is 0 Å². The van der Waals surface area contributed by atoms with E-state index in [0.29, 0.717) is 32.5 Å². The summed E-state index contributed by atoms with van der Waals surface area (Å²) in [6.45, 7) is 8.31. The lowest BCUT2D eigenvalue weighted by Crippen LogP contribution is -2.25. The van der Waals surface area contributed by atoms with E-state index in [0.717, 1.165) is 22.4 Å². The van der Waals surface area contributed by atoms with Crippen molar-refractivity contribution >= 4 is 11.9 Å². The van der Waals surface area contributed by atoms with Crippen molar-refractivity contribution in [1.82, 2.24) is 4.90 Å². The van der Waals surface area contributed by atoms with E-state index < -0.39 is 11.9 Å². The van der Waals surface area contributed by atoms with Crippen molar-refractivity contribution < 1.29 is 28.9 Å². The second kappa shape index (κ2) is 13.2. The topological polar surface area (TPSA) is 87.1 Å². The summed E-state index contributed by atoms with van der Waals surface area (Å²) in [5.74, 6) is -1.42. The van der Waals surface area contributed by atoms with Gasteiger partial charge < -0.3 is 14.9 Å². The average Bonchev–Trinajstić information content (AvgIpc) is 2.86. The highest BCUT2D eigenvalue weighted by atomic mass is 19.1. The molecule has 3 aromatic rings. The summed E-state index contributed by atoms with van der Waals surface area (Å²) >= 11 is 0. The molecule has 38 heavy (non-hydrogen) atoms. The Morgan fingerprint density at radius 2 is 1.55 bits per heavy atom. The maximum atomic E-state index is 14.3. The van der Waals surface area contributed by atoms with Crippen LogP contribution in [0.3, 0.4) is 0 Å². The number of hydrogen-bond donors (Lipinski definition) is 2. The Balaban J connectivity index is 1.74. The maximum Gasteiger partial charge on any atom is 0.335 e. The highest BCUT2D eigenvalue weighted by Gasteiger charge is 2.15. The monoisotopic (exact) mass is 521 g/mol. The van der Waals surface area contributed by atoms with E-state index in [1.807, 2.05) is 12.1 Å². The number of aliphatic carboxylic acids is 1. The summed E-state index contributed by atoms with van der Waals surface area (Å²) in [5, 5.41) is 18.2. The molecule has 0 saturated carbocycles. The van der Waals surface area contributed by atoms with E-state index in [1.165, 1.54) is 17.7 Å². The van der Waals surface area contributed by atoms with Crippen LogP contribution in [0.4, 0.5) is 4.39 Å². The normalized spacial score (nSPS) is 11.5. The van der Waals surface area contributed by atoms with Crippen molar-refractivity contribution in [1.29, 1.82) is 0 Å². The molecule has 0 atom stereocenters. The maximum absolute atomic E-state index is 14.3. The highest BCUT2D eigenvalue weighted by Crippen LogP contribution is 2.25. The number of rotatable bonds is 13. The Kier molecular flexibility index (Phi) is 10.0. The molecule has 6 nitrogen and oxygen atoms in total. The lowest BCUT2D eigenvalue weighted by Gasteiger charge is -2.24. The summed E-state index contributed by atoms with van der Waals surface area (Å²) in [7, 11) is 0. The summed E-state index contributed by atoms with van der Waals surface area (Å²) < 4.78 is 20.3. The van der Waals surface area contributed by atoms with Crippen molar-refractivity contribution in [2.75, 3.05) is 6.54 Å². The van der Waals surface area contributed by atoms with Gasteiger partial charge in [0.1, 0.15) is 18.2 Å². The molecule has 0 radical (unpaired) electrons. The van der Waals surface area contributed by atoms with Gasteiger partial charge in [-0.3, -0.25) is 9.69 Å². The third-order valence-electron chi connectivity index (χ3n) is 6.40. The Morgan fingerprint density at radius 1 is 0.868 bits per heavy atom. The second-order valence-corrected chi connectivity index (χ2v) is 10.5. The van der Waals surface area contributed by atoms with E-state index in [2.05, 4.69) is 37.8 Å². The molecule has 0 spiro atoms. The minimum atomic E-state index is -0.987. The molecule has 0 saturated heterocycles. The van der Waals surface area contributed by atoms with Gasteiger partial charge in [-0.25, -0.2) is 9.18 Å². The first-order valence-electron chi connectivity index (χ1n) is 12.8. The van der Waals surface area contributed by atoms with Crippen LogP contribution in [0.25, 0.3) is 0 Å². The van der Waals surface area contributed by atoms with Crippen molar-refractivity contribution in [3.63, 3.8) is 0 Å². The molecule has 0 amide bonds. The lowest BCUT2D eigenvalue weighted by atomic mass is 9.87. The fourth-order valence-corrected chi connectivity index (χ4v) is 4.17. The van der Waals surface area contributed by atoms with Crippen LogP contribution >= 0.6 is 0 Å². The van der Waals surface area contributed by atoms with Crippen molar-refractivity contribution in [3.8, 4) is 5.75 Å². The van der Waals surface area contributed by atoms with Crippen LogP contribution in [0, 0.1) is 5.82 Å². The van der Waals surface area contributed by atoms with Crippen molar-refractivity contribution in [2.45, 2.75) is 65.1 Å². The minimum absolute atomic E-state index is 0.0462. The number of unbranched alkanes of at least 4 members (excludes halogenated alkanes) is 1. The number of carboxylic acids is 2. The fraction of sp³-hybridized carbons (Fsp3) is 0.355. The molecular formula is C31H36FNO5. The SMILES string of the molecule is CC(C)(C)c1ccc(OCc2ccc(F)cc2CN(CCCCC(=O)O)Cc2ccc(C(=O)O)cc2)cc1. The van der Waals surface area contributed by atoms with Gasteiger partial charge in [0.15, 0.2) is 0 Å². The van der Waals surface area contributed by atoms with Gasteiger partial charge in [0.25, 0.3) is 0 Å². The number of carbonyl (C=O) groups is 2. The molecule has 202 valence electrons. The zero-order valence-electron chi connectivity index (χ0n) is 22.2. The first kappa shape index (κ1) is 28.9. The summed E-state index contributed by atoms with van der Waals surface area (Å²) in [4.78, 5) is 24.2. The average molecular weight is 522 g/mol. The predicted octanol–water partition coefficient (Wildman–Crippen LogP) is 6.66. The molecule has 3 aromatic carbocycles. The molecule has 0 aliphatic carbocycles. The zero-order chi connectivity index (χ0) is 27.7. The van der Waals surface area contributed by atoms with Crippen LogP contribution in [-0.4, -0.2) is 33.6 Å². The molecule has 0 bridgehead atoms. The van der Waals surface area contributed by atoms with Gasteiger partial charge in [0.05, 0.1) is 5.56 Å². The van der Waals surface area contributed by atoms with Crippen LogP contribution in [0.15, 0.2) is 66.7 Å². The Labute approximate surface area is 223 Å². The Hall–Kier alpha value is -3.71. The number of halogens is 1. The third kappa shape index (κ3) is 8.99. The van der Waals surface area contributed by atoms with Gasteiger partial charge in [-0.2, -0.15) is 0 Å². The minimum Gasteiger partial charge on any atom is -0.489 e. The number of hydrogen-bond acceptors (Lipinski definition) is 4. The molecule has 0 unspecified atom stereocenters. The van der Waals surface area contributed by atoms with Gasteiger partial charge in [-0.1, -0.05) is 51.1 Å². The third-order valence-corrected chi connectivity index (χ3v) is 6.40. The molecule has 0 fully saturated rings. The van der Waals surface area contributed by atoms with Gasteiger partial charge >= 0.3 is 11.9 Å². The molecular weight excluding hydrogens is 485 g/mol. The van der Waals surface area contributed by atoms with Gasteiger partial charge in [-0.05, 0) is 83.5 Å². The van der Waals surface area contributed by atoms with E-state index in [9.17, 15) is 19.1 Å². The van der Waals surface area contributed by atoms with Crippen LogP contribution in [0.2, 0.25) is 0 Å². The van der Waals surface area contributed by atoms with E-state index >= 15 is 0 Å². The van der Waals surface area contributed by atoms with E-state index in [1.54, 1.807) is 30.3 Å². The number of aromatic carboxylic acids is 1. The number of ether oxygens (including phenoxy) is 1. The quantitative estimate of drug-likeness (QED) is 0.245. The largest absolute Gasteiger partial charge is 0.489 e. The van der Waals surface area contributed by atoms with Crippen LogP contribution in [-0.2, 0) is 29.9 Å². The highest BCUT2D eigenvalue weighted by molar-refractivity contribution is 5.87. The van der Waals surface area contributed by atoms with Gasteiger partial charge in [-0.15, -0.1) is 0 Å². The molecule has 7 heteroatoms.